The van der Waals surface area contributed by atoms with Crippen LogP contribution in [0.3, 0.4) is 0 Å². The topological polar surface area (TPSA) is 86.8 Å². The highest BCUT2D eigenvalue weighted by atomic mass is 35.5. The molecule has 2 aromatic rings. The molecule has 204 valence electrons. The van der Waals surface area contributed by atoms with E-state index in [9.17, 15) is 31.2 Å². The standard InChI is InChI=1S/C25H31ClF3N3O4S/c1-17(2)30-24(34)18(3)31(16-19-10-12-21(26)13-11-19)23(33)9-6-14-32(37(4,35)36)22-8-5-7-20(15-22)25(27,28)29/h5,7-8,10-13,15,17-18H,6,9,14,16H2,1-4H3,(H,30,34)/t18-/m1/s1. The summed E-state index contributed by atoms with van der Waals surface area (Å²) in [6.07, 6.45) is -3.85. The lowest BCUT2D eigenvalue weighted by Crippen LogP contribution is -2.49. The molecular formula is C25H31ClF3N3O4S. The van der Waals surface area contributed by atoms with Crippen molar-refractivity contribution in [1.82, 2.24) is 10.2 Å². The van der Waals surface area contributed by atoms with Crippen molar-refractivity contribution >= 4 is 39.1 Å². The lowest BCUT2D eigenvalue weighted by molar-refractivity contribution is -0.140. The fraction of sp³-hybridized carbons (Fsp3) is 0.440. The van der Waals surface area contributed by atoms with Crippen molar-refractivity contribution in [1.29, 1.82) is 0 Å². The molecule has 0 saturated carbocycles. The summed E-state index contributed by atoms with van der Waals surface area (Å²) in [4.78, 5) is 27.2. The third-order valence-electron chi connectivity index (χ3n) is 5.48. The number of sulfonamides is 1. The van der Waals surface area contributed by atoms with Crippen LogP contribution >= 0.6 is 11.6 Å². The van der Waals surface area contributed by atoms with Crippen LogP contribution in [-0.2, 0) is 32.3 Å². The second-order valence-corrected chi connectivity index (χ2v) is 11.3. The molecule has 0 fully saturated rings. The summed E-state index contributed by atoms with van der Waals surface area (Å²) in [5, 5.41) is 3.29. The molecule has 0 saturated heterocycles. The first-order chi connectivity index (χ1) is 17.1. The first-order valence-electron chi connectivity index (χ1n) is 11.6. The first-order valence-corrected chi connectivity index (χ1v) is 13.8. The first kappa shape index (κ1) is 30.4. The molecule has 7 nitrogen and oxygen atoms in total. The molecule has 1 atom stereocenters. The zero-order valence-electron chi connectivity index (χ0n) is 21.0. The lowest BCUT2D eigenvalue weighted by atomic mass is 10.1. The SMILES string of the molecule is CC(C)NC(=O)[C@@H](C)N(Cc1ccc(Cl)cc1)C(=O)CCCN(c1cccc(C(F)(F)F)c1)S(C)(=O)=O. The number of nitrogens with zero attached hydrogens (tertiary/aromatic N) is 2. The van der Waals surface area contributed by atoms with Gasteiger partial charge in [-0.1, -0.05) is 29.8 Å². The van der Waals surface area contributed by atoms with Crippen molar-refractivity contribution in [2.24, 2.45) is 0 Å². The number of amides is 2. The van der Waals surface area contributed by atoms with Crippen LogP contribution < -0.4 is 9.62 Å². The fourth-order valence-electron chi connectivity index (χ4n) is 3.62. The Kier molecular flexibility index (Phi) is 10.4. The van der Waals surface area contributed by atoms with Gasteiger partial charge >= 0.3 is 6.18 Å². The number of carbonyl (C=O) groups is 2. The molecule has 0 bridgehead atoms. The number of nitrogens with one attached hydrogen (secondary N) is 1. The maximum absolute atomic E-state index is 13.2. The summed E-state index contributed by atoms with van der Waals surface area (Å²) in [5.74, 6) is -0.752. The van der Waals surface area contributed by atoms with Crippen molar-refractivity contribution in [3.63, 3.8) is 0 Å². The summed E-state index contributed by atoms with van der Waals surface area (Å²) in [5.41, 5.74) is -0.384. The van der Waals surface area contributed by atoms with Gasteiger partial charge in [0.2, 0.25) is 21.8 Å². The van der Waals surface area contributed by atoms with E-state index in [1.54, 1.807) is 45.0 Å². The Hall–Kier alpha value is -2.79. The number of hydrogen-bond donors (Lipinski definition) is 1. The van der Waals surface area contributed by atoms with Gasteiger partial charge in [-0.3, -0.25) is 13.9 Å². The van der Waals surface area contributed by atoms with Gasteiger partial charge in [0.15, 0.2) is 0 Å². The zero-order valence-corrected chi connectivity index (χ0v) is 22.6. The highest BCUT2D eigenvalue weighted by Crippen LogP contribution is 2.32. The minimum atomic E-state index is -4.63. The van der Waals surface area contributed by atoms with E-state index in [1.165, 1.54) is 11.0 Å². The Morgan fingerprint density at radius 1 is 1.05 bits per heavy atom. The van der Waals surface area contributed by atoms with Gasteiger partial charge in [-0.2, -0.15) is 13.2 Å². The van der Waals surface area contributed by atoms with E-state index in [4.69, 9.17) is 11.6 Å². The summed E-state index contributed by atoms with van der Waals surface area (Å²) >= 11 is 5.94. The Balaban J connectivity index is 2.21. The van der Waals surface area contributed by atoms with Crippen molar-refractivity contribution in [2.75, 3.05) is 17.1 Å². The van der Waals surface area contributed by atoms with E-state index in [2.05, 4.69) is 5.32 Å². The Bertz CT molecular complexity index is 1190. The monoisotopic (exact) mass is 561 g/mol. The molecule has 37 heavy (non-hydrogen) atoms. The number of carbonyl (C=O) groups excluding carboxylic acids is 2. The molecule has 0 radical (unpaired) electrons. The molecule has 0 unspecified atom stereocenters. The van der Waals surface area contributed by atoms with Gasteiger partial charge in [-0.05, 0) is 63.1 Å². The summed E-state index contributed by atoms with van der Waals surface area (Å²) < 4.78 is 65.0. The molecule has 0 aromatic heterocycles. The van der Waals surface area contributed by atoms with Gasteiger partial charge < -0.3 is 10.2 Å². The minimum absolute atomic E-state index is 0.0256. The number of alkyl halides is 3. The van der Waals surface area contributed by atoms with Crippen molar-refractivity contribution in [3.05, 3.63) is 64.7 Å². The van der Waals surface area contributed by atoms with Gasteiger partial charge in [0, 0.05) is 30.6 Å². The second-order valence-electron chi connectivity index (χ2n) is 8.97. The Morgan fingerprint density at radius 3 is 2.22 bits per heavy atom. The van der Waals surface area contributed by atoms with Gasteiger partial charge in [-0.25, -0.2) is 8.42 Å². The Labute approximate surface area is 220 Å². The lowest BCUT2D eigenvalue weighted by Gasteiger charge is -2.30. The van der Waals surface area contributed by atoms with E-state index >= 15 is 0 Å². The van der Waals surface area contributed by atoms with E-state index < -0.39 is 33.7 Å². The van der Waals surface area contributed by atoms with Crippen molar-refractivity contribution in [2.45, 2.75) is 58.4 Å². The van der Waals surface area contributed by atoms with Crippen LogP contribution in [0.4, 0.5) is 18.9 Å². The molecule has 0 aliphatic carbocycles. The molecule has 12 heteroatoms. The van der Waals surface area contributed by atoms with Gasteiger partial charge in [0.1, 0.15) is 6.04 Å². The van der Waals surface area contributed by atoms with Crippen LogP contribution in [-0.4, -0.2) is 50.0 Å². The van der Waals surface area contributed by atoms with Gasteiger partial charge in [-0.15, -0.1) is 0 Å². The van der Waals surface area contributed by atoms with Crippen LogP contribution in [0.2, 0.25) is 5.02 Å². The third kappa shape index (κ3) is 9.23. The summed E-state index contributed by atoms with van der Waals surface area (Å²) in [6, 6.07) is 9.84. The quantitative estimate of drug-likeness (QED) is 0.425. The number of halogens is 4. The number of hydrogen-bond acceptors (Lipinski definition) is 4. The number of benzene rings is 2. The number of rotatable bonds is 11. The van der Waals surface area contributed by atoms with Crippen molar-refractivity contribution < 1.29 is 31.2 Å². The van der Waals surface area contributed by atoms with E-state index in [-0.39, 0.29) is 43.6 Å². The van der Waals surface area contributed by atoms with Crippen LogP contribution in [0, 0.1) is 0 Å². The van der Waals surface area contributed by atoms with E-state index in [0.717, 1.165) is 34.3 Å². The molecule has 0 aliphatic rings. The molecule has 2 rings (SSSR count). The molecule has 0 spiro atoms. The Morgan fingerprint density at radius 2 is 1.68 bits per heavy atom. The summed E-state index contributed by atoms with van der Waals surface area (Å²) in [7, 11) is -3.93. The van der Waals surface area contributed by atoms with Crippen LogP contribution in [0.5, 0.6) is 0 Å². The maximum Gasteiger partial charge on any atom is 0.416 e. The van der Waals surface area contributed by atoms with Crippen LogP contribution in [0.25, 0.3) is 0 Å². The molecule has 0 aliphatic heterocycles. The van der Waals surface area contributed by atoms with E-state index in [1.807, 2.05) is 0 Å². The molecule has 0 heterocycles. The zero-order chi connectivity index (χ0) is 28.0. The average Bonchev–Trinajstić information content (AvgIpc) is 2.79. The molecule has 2 aromatic carbocycles. The molecule has 2 amide bonds. The number of anilines is 1. The van der Waals surface area contributed by atoms with E-state index in [0.29, 0.717) is 5.02 Å². The maximum atomic E-state index is 13.2. The second kappa shape index (κ2) is 12.6. The van der Waals surface area contributed by atoms with Crippen LogP contribution in [0.15, 0.2) is 48.5 Å². The van der Waals surface area contributed by atoms with Gasteiger partial charge in [0.25, 0.3) is 0 Å². The van der Waals surface area contributed by atoms with Gasteiger partial charge in [0.05, 0.1) is 17.5 Å². The largest absolute Gasteiger partial charge is 0.416 e. The fourth-order valence-corrected chi connectivity index (χ4v) is 4.70. The normalized spacial score (nSPS) is 12.8. The highest BCUT2D eigenvalue weighted by Gasteiger charge is 2.32. The molecule has 1 N–H and O–H groups in total. The average molecular weight is 562 g/mol. The predicted octanol–water partition coefficient (Wildman–Crippen LogP) is 4.85. The van der Waals surface area contributed by atoms with Crippen molar-refractivity contribution in [3.8, 4) is 0 Å². The summed E-state index contributed by atoms with van der Waals surface area (Å²) in [6.45, 7) is 5.09. The molecular weight excluding hydrogens is 531 g/mol. The minimum Gasteiger partial charge on any atom is -0.352 e. The highest BCUT2D eigenvalue weighted by molar-refractivity contribution is 7.92. The smallest absolute Gasteiger partial charge is 0.352 e. The predicted molar refractivity (Wildman–Crippen MR) is 138 cm³/mol. The van der Waals surface area contributed by atoms with Crippen LogP contribution in [0.1, 0.15) is 44.7 Å². The third-order valence-corrected chi connectivity index (χ3v) is 6.92.